The Bertz CT molecular complexity index is 323. The maximum absolute atomic E-state index is 13.8. The third-order valence-corrected chi connectivity index (χ3v) is 2.59. The molecule has 1 unspecified atom stereocenters. The zero-order chi connectivity index (χ0) is 11.5. The van der Waals surface area contributed by atoms with E-state index in [1.54, 1.807) is 39.1 Å². The minimum absolute atomic E-state index is 0.132. The van der Waals surface area contributed by atoms with Crippen LogP contribution in [-0.4, -0.2) is 13.1 Å². The molecule has 0 aliphatic heterocycles. The molecule has 0 spiro atoms. The summed E-state index contributed by atoms with van der Waals surface area (Å²) in [7, 11) is 1.69. The molecule has 0 saturated heterocycles. The van der Waals surface area contributed by atoms with E-state index in [0.717, 1.165) is 0 Å². The van der Waals surface area contributed by atoms with E-state index in [2.05, 4.69) is 5.32 Å². The second kappa shape index (κ2) is 4.71. The van der Waals surface area contributed by atoms with Gasteiger partial charge in [-0.05, 0) is 26.5 Å². The lowest BCUT2D eigenvalue weighted by Gasteiger charge is -2.22. The number of nitrogens with one attached hydrogen (secondary N) is 1. The average Bonchev–Trinajstić information content (AvgIpc) is 2.17. The molecule has 1 nitrogen and oxygen atoms in total. The van der Waals surface area contributed by atoms with Crippen LogP contribution in [0.15, 0.2) is 24.3 Å². The monoisotopic (exact) mass is 213 g/mol. The molecule has 3 heteroatoms. The van der Waals surface area contributed by atoms with Gasteiger partial charge in [-0.1, -0.05) is 24.3 Å². The average molecular weight is 213 g/mol. The van der Waals surface area contributed by atoms with Crippen LogP contribution >= 0.6 is 0 Å². The van der Waals surface area contributed by atoms with Gasteiger partial charge in [-0.3, -0.25) is 0 Å². The van der Waals surface area contributed by atoms with E-state index in [1.807, 2.05) is 0 Å². The van der Waals surface area contributed by atoms with Gasteiger partial charge in [-0.2, -0.15) is 0 Å². The second-order valence-corrected chi connectivity index (χ2v) is 3.91. The fraction of sp³-hybridized carbons (Fsp3) is 0.500. The van der Waals surface area contributed by atoms with Crippen LogP contribution in [0.3, 0.4) is 0 Å². The van der Waals surface area contributed by atoms with E-state index in [4.69, 9.17) is 0 Å². The van der Waals surface area contributed by atoms with Crippen LogP contribution in [0, 0.1) is 6.92 Å². The lowest BCUT2D eigenvalue weighted by molar-refractivity contribution is -0.0212. The highest BCUT2D eigenvalue weighted by molar-refractivity contribution is 5.29. The highest BCUT2D eigenvalue weighted by Crippen LogP contribution is 2.34. The topological polar surface area (TPSA) is 12.0 Å². The lowest BCUT2D eigenvalue weighted by atomic mass is 9.97. The maximum Gasteiger partial charge on any atom is 0.274 e. The van der Waals surface area contributed by atoms with E-state index in [1.165, 1.54) is 6.07 Å². The van der Waals surface area contributed by atoms with Crippen molar-refractivity contribution < 1.29 is 8.78 Å². The van der Waals surface area contributed by atoms with Crippen molar-refractivity contribution in [2.75, 3.05) is 7.05 Å². The van der Waals surface area contributed by atoms with Gasteiger partial charge in [-0.15, -0.1) is 0 Å². The predicted octanol–water partition coefficient (Wildman–Crippen LogP) is 3.08. The van der Waals surface area contributed by atoms with Crippen molar-refractivity contribution in [2.45, 2.75) is 32.2 Å². The van der Waals surface area contributed by atoms with Gasteiger partial charge in [-0.25, -0.2) is 8.78 Å². The number of halogens is 2. The van der Waals surface area contributed by atoms with Crippen molar-refractivity contribution in [3.05, 3.63) is 35.4 Å². The Morgan fingerprint density at radius 1 is 1.33 bits per heavy atom. The van der Waals surface area contributed by atoms with Crippen molar-refractivity contribution in [1.82, 2.24) is 5.32 Å². The van der Waals surface area contributed by atoms with Crippen molar-refractivity contribution in [1.29, 1.82) is 0 Å². The summed E-state index contributed by atoms with van der Waals surface area (Å²) in [6.45, 7) is 3.47. The molecule has 0 heterocycles. The molecule has 0 bridgehead atoms. The van der Waals surface area contributed by atoms with E-state index >= 15 is 0 Å². The zero-order valence-corrected chi connectivity index (χ0v) is 9.35. The molecule has 15 heavy (non-hydrogen) atoms. The van der Waals surface area contributed by atoms with Crippen LogP contribution in [0.2, 0.25) is 0 Å². The Kier molecular flexibility index (Phi) is 3.80. The highest BCUT2D eigenvalue weighted by Gasteiger charge is 2.34. The summed E-state index contributed by atoms with van der Waals surface area (Å²) in [4.78, 5) is 0. The van der Waals surface area contributed by atoms with Crippen molar-refractivity contribution in [3.63, 3.8) is 0 Å². The third kappa shape index (κ3) is 2.99. The molecule has 84 valence electrons. The first-order valence-electron chi connectivity index (χ1n) is 5.08. The standard InChI is InChI=1S/C12H17F2N/c1-9-6-4-5-7-11(9)12(13,14)8-10(2)15-3/h4-7,10,15H,8H2,1-3H3. The summed E-state index contributed by atoms with van der Waals surface area (Å²) in [5.74, 6) is -2.76. The van der Waals surface area contributed by atoms with E-state index in [0.29, 0.717) is 5.56 Å². The molecule has 0 aliphatic rings. The molecule has 0 saturated carbocycles. The van der Waals surface area contributed by atoms with Crippen LogP contribution in [0.5, 0.6) is 0 Å². The summed E-state index contributed by atoms with van der Waals surface area (Å²) in [5.41, 5.74) is 0.776. The third-order valence-electron chi connectivity index (χ3n) is 2.59. The van der Waals surface area contributed by atoms with Gasteiger partial charge in [0, 0.05) is 18.0 Å². The molecule has 0 aliphatic carbocycles. The van der Waals surface area contributed by atoms with Gasteiger partial charge in [0.25, 0.3) is 5.92 Å². The van der Waals surface area contributed by atoms with Gasteiger partial charge in [0.2, 0.25) is 0 Å². The van der Waals surface area contributed by atoms with E-state index in [9.17, 15) is 8.78 Å². The first-order chi connectivity index (χ1) is 6.97. The molecule has 1 aromatic rings. The molecule has 0 amide bonds. The first-order valence-corrected chi connectivity index (χ1v) is 5.08. The molecule has 1 aromatic carbocycles. The molecule has 1 N–H and O–H groups in total. The minimum Gasteiger partial charge on any atom is -0.317 e. The van der Waals surface area contributed by atoms with Crippen LogP contribution in [0.25, 0.3) is 0 Å². The van der Waals surface area contributed by atoms with Gasteiger partial charge in [0.1, 0.15) is 0 Å². The number of benzene rings is 1. The van der Waals surface area contributed by atoms with Gasteiger partial charge >= 0.3 is 0 Å². The largest absolute Gasteiger partial charge is 0.317 e. The smallest absolute Gasteiger partial charge is 0.274 e. The normalized spacial score (nSPS) is 13.9. The highest BCUT2D eigenvalue weighted by atomic mass is 19.3. The van der Waals surface area contributed by atoms with Gasteiger partial charge in [0.15, 0.2) is 0 Å². The fourth-order valence-corrected chi connectivity index (χ4v) is 1.58. The summed E-state index contributed by atoms with van der Waals surface area (Å²) in [6.07, 6.45) is -0.172. The molecule has 1 rings (SSSR count). The molecular formula is C12H17F2N. The minimum atomic E-state index is -2.76. The van der Waals surface area contributed by atoms with Crippen LogP contribution in [0.4, 0.5) is 8.78 Å². The fourth-order valence-electron chi connectivity index (χ4n) is 1.58. The van der Waals surface area contributed by atoms with Gasteiger partial charge in [0.05, 0.1) is 0 Å². The van der Waals surface area contributed by atoms with Gasteiger partial charge < -0.3 is 5.32 Å². The molecule has 0 aromatic heterocycles. The van der Waals surface area contributed by atoms with Crippen LogP contribution in [0.1, 0.15) is 24.5 Å². The Hall–Kier alpha value is -0.960. The van der Waals surface area contributed by atoms with Crippen LogP contribution < -0.4 is 5.32 Å². The van der Waals surface area contributed by atoms with Crippen molar-refractivity contribution >= 4 is 0 Å². The summed E-state index contributed by atoms with van der Waals surface area (Å²) >= 11 is 0. The molecule has 0 radical (unpaired) electrons. The van der Waals surface area contributed by atoms with E-state index in [-0.39, 0.29) is 18.0 Å². The maximum atomic E-state index is 13.8. The quantitative estimate of drug-likeness (QED) is 0.810. The Morgan fingerprint density at radius 2 is 1.93 bits per heavy atom. The van der Waals surface area contributed by atoms with Crippen molar-refractivity contribution in [3.8, 4) is 0 Å². The molecule has 1 atom stereocenters. The van der Waals surface area contributed by atoms with E-state index < -0.39 is 5.92 Å². The summed E-state index contributed by atoms with van der Waals surface area (Å²) in [5, 5.41) is 2.83. The Morgan fingerprint density at radius 3 is 2.47 bits per heavy atom. The Balaban J connectivity index is 2.90. The Labute approximate surface area is 89.5 Å². The predicted molar refractivity (Wildman–Crippen MR) is 58.2 cm³/mol. The summed E-state index contributed by atoms with van der Waals surface area (Å²) in [6, 6.07) is 6.45. The molecule has 0 fully saturated rings. The summed E-state index contributed by atoms with van der Waals surface area (Å²) < 4.78 is 27.6. The molecular weight excluding hydrogens is 196 g/mol. The number of hydrogen-bond acceptors (Lipinski definition) is 1. The number of hydrogen-bond donors (Lipinski definition) is 1. The SMILES string of the molecule is CNC(C)CC(F)(F)c1ccccc1C. The van der Waals surface area contributed by atoms with Crippen LogP contribution in [-0.2, 0) is 5.92 Å². The first kappa shape index (κ1) is 12.1. The number of aryl methyl sites for hydroxylation is 1. The van der Waals surface area contributed by atoms with Crippen molar-refractivity contribution in [2.24, 2.45) is 0 Å². The number of rotatable bonds is 4. The number of alkyl halides is 2. The second-order valence-electron chi connectivity index (χ2n) is 3.91. The lowest BCUT2D eigenvalue weighted by Crippen LogP contribution is -2.29. The zero-order valence-electron chi connectivity index (χ0n) is 9.35.